The van der Waals surface area contributed by atoms with Gasteiger partial charge in [0.15, 0.2) is 0 Å². The van der Waals surface area contributed by atoms with Gasteiger partial charge < -0.3 is 11.1 Å². The largest absolute Gasteiger partial charge is 0.358 e. The van der Waals surface area contributed by atoms with E-state index >= 15 is 0 Å². The molecule has 0 saturated carbocycles. The first kappa shape index (κ1) is 9.93. The predicted molar refractivity (Wildman–Crippen MR) is 54.8 cm³/mol. The molecule has 14 heavy (non-hydrogen) atoms. The Kier molecular flexibility index (Phi) is 2.74. The van der Waals surface area contributed by atoms with E-state index in [0.29, 0.717) is 24.7 Å². The quantitative estimate of drug-likeness (QED) is 0.638. The summed E-state index contributed by atoms with van der Waals surface area (Å²) < 4.78 is 0. The van der Waals surface area contributed by atoms with Crippen molar-refractivity contribution in [3.8, 4) is 0 Å². The summed E-state index contributed by atoms with van der Waals surface area (Å²) in [7, 11) is 1.69. The third-order valence-corrected chi connectivity index (χ3v) is 3.53. The lowest BCUT2D eigenvalue weighted by atomic mass is 9.98. The molecule has 3 N–H and O–H groups in total. The fourth-order valence-electron chi connectivity index (χ4n) is 2.82. The SMILES string of the molecule is CNC(=O)CN1C2CCC1CC(N)C2. The highest BCUT2D eigenvalue weighted by Crippen LogP contribution is 2.34. The van der Waals surface area contributed by atoms with E-state index in [-0.39, 0.29) is 5.91 Å². The number of carbonyl (C=O) groups is 1. The molecule has 0 aromatic carbocycles. The van der Waals surface area contributed by atoms with Crippen molar-refractivity contribution in [2.24, 2.45) is 5.73 Å². The summed E-state index contributed by atoms with van der Waals surface area (Å²) in [6.45, 7) is 0.554. The summed E-state index contributed by atoms with van der Waals surface area (Å²) in [5, 5.41) is 2.68. The molecule has 0 aliphatic carbocycles. The first-order valence-electron chi connectivity index (χ1n) is 5.42. The summed E-state index contributed by atoms with van der Waals surface area (Å²) in [5.74, 6) is 0.123. The average molecular weight is 197 g/mol. The maximum Gasteiger partial charge on any atom is 0.233 e. The second-order valence-electron chi connectivity index (χ2n) is 4.46. The number of hydrogen-bond donors (Lipinski definition) is 2. The van der Waals surface area contributed by atoms with Crippen LogP contribution >= 0.6 is 0 Å². The van der Waals surface area contributed by atoms with Crippen molar-refractivity contribution < 1.29 is 4.79 Å². The Morgan fingerprint density at radius 3 is 2.50 bits per heavy atom. The van der Waals surface area contributed by atoms with Crippen molar-refractivity contribution in [1.29, 1.82) is 0 Å². The lowest BCUT2D eigenvalue weighted by Crippen LogP contribution is -2.50. The topological polar surface area (TPSA) is 58.4 Å². The third kappa shape index (κ3) is 1.77. The molecule has 2 fully saturated rings. The van der Waals surface area contributed by atoms with E-state index in [1.165, 1.54) is 12.8 Å². The minimum absolute atomic E-state index is 0.123. The molecule has 80 valence electrons. The fourth-order valence-corrected chi connectivity index (χ4v) is 2.82. The molecule has 0 aromatic heterocycles. The summed E-state index contributed by atoms with van der Waals surface area (Å²) in [6, 6.07) is 1.47. The third-order valence-electron chi connectivity index (χ3n) is 3.53. The molecule has 0 aromatic rings. The molecule has 2 heterocycles. The zero-order chi connectivity index (χ0) is 10.1. The number of amides is 1. The molecule has 2 bridgehead atoms. The van der Waals surface area contributed by atoms with Crippen LogP contribution in [0.15, 0.2) is 0 Å². The molecule has 0 radical (unpaired) electrons. The van der Waals surface area contributed by atoms with Crippen molar-refractivity contribution in [3.05, 3.63) is 0 Å². The Balaban J connectivity index is 1.97. The van der Waals surface area contributed by atoms with Gasteiger partial charge in [0.25, 0.3) is 0 Å². The fraction of sp³-hybridized carbons (Fsp3) is 0.900. The maximum absolute atomic E-state index is 11.3. The highest BCUT2D eigenvalue weighted by atomic mass is 16.1. The molecular weight excluding hydrogens is 178 g/mol. The van der Waals surface area contributed by atoms with Gasteiger partial charge in [0, 0.05) is 25.2 Å². The molecule has 2 aliphatic heterocycles. The lowest BCUT2D eigenvalue weighted by Gasteiger charge is -2.36. The molecule has 2 saturated heterocycles. The molecule has 0 spiro atoms. The predicted octanol–water partition coefficient (Wildman–Crippen LogP) is -0.313. The van der Waals surface area contributed by atoms with Gasteiger partial charge in [-0.3, -0.25) is 9.69 Å². The zero-order valence-corrected chi connectivity index (χ0v) is 8.70. The molecule has 4 heteroatoms. The van der Waals surface area contributed by atoms with Gasteiger partial charge in [-0.15, -0.1) is 0 Å². The Bertz CT molecular complexity index is 217. The van der Waals surface area contributed by atoms with Crippen LogP contribution in [0.1, 0.15) is 25.7 Å². The number of carbonyl (C=O) groups excluding carboxylic acids is 1. The van der Waals surface area contributed by atoms with Crippen LogP contribution in [0.3, 0.4) is 0 Å². The van der Waals surface area contributed by atoms with Gasteiger partial charge in [0.1, 0.15) is 0 Å². The highest BCUT2D eigenvalue weighted by molar-refractivity contribution is 5.77. The van der Waals surface area contributed by atoms with Gasteiger partial charge >= 0.3 is 0 Å². The number of rotatable bonds is 2. The average Bonchev–Trinajstić information content (AvgIpc) is 2.41. The maximum atomic E-state index is 11.3. The molecule has 2 unspecified atom stereocenters. The van der Waals surface area contributed by atoms with Crippen molar-refractivity contribution in [2.45, 2.75) is 43.8 Å². The number of nitrogens with zero attached hydrogens (tertiary/aromatic N) is 1. The minimum atomic E-state index is 0.123. The van der Waals surface area contributed by atoms with Crippen LogP contribution in [0.5, 0.6) is 0 Å². The van der Waals surface area contributed by atoms with Crippen molar-refractivity contribution in [2.75, 3.05) is 13.6 Å². The normalized spacial score (nSPS) is 37.1. The van der Waals surface area contributed by atoms with E-state index in [0.717, 1.165) is 12.8 Å². The molecule has 2 rings (SSSR count). The van der Waals surface area contributed by atoms with Crippen molar-refractivity contribution >= 4 is 5.91 Å². The summed E-state index contributed by atoms with van der Waals surface area (Å²) in [5.41, 5.74) is 5.95. The number of nitrogens with one attached hydrogen (secondary N) is 1. The second kappa shape index (κ2) is 3.87. The standard InChI is InChI=1S/C10H19N3O/c1-12-10(14)6-13-8-2-3-9(13)5-7(11)4-8/h7-9H,2-6,11H2,1H3,(H,12,14). The summed E-state index contributed by atoms with van der Waals surface area (Å²) in [6.07, 6.45) is 4.56. The summed E-state index contributed by atoms with van der Waals surface area (Å²) >= 11 is 0. The minimum Gasteiger partial charge on any atom is -0.358 e. The van der Waals surface area contributed by atoms with Crippen molar-refractivity contribution in [1.82, 2.24) is 10.2 Å². The van der Waals surface area contributed by atoms with Gasteiger partial charge in [-0.25, -0.2) is 0 Å². The van der Waals surface area contributed by atoms with Gasteiger partial charge in [-0.1, -0.05) is 0 Å². The van der Waals surface area contributed by atoms with Gasteiger partial charge in [-0.2, -0.15) is 0 Å². The van der Waals surface area contributed by atoms with Gasteiger partial charge in [0.2, 0.25) is 5.91 Å². The monoisotopic (exact) mass is 197 g/mol. The number of likely N-dealkylation sites (N-methyl/N-ethyl adjacent to an activating group) is 1. The summed E-state index contributed by atoms with van der Waals surface area (Å²) in [4.78, 5) is 13.6. The van der Waals surface area contributed by atoms with E-state index in [1.807, 2.05) is 0 Å². The Morgan fingerprint density at radius 2 is 2.00 bits per heavy atom. The number of fused-ring (bicyclic) bond motifs is 2. The van der Waals surface area contributed by atoms with Crippen LogP contribution in [-0.2, 0) is 4.79 Å². The van der Waals surface area contributed by atoms with E-state index in [1.54, 1.807) is 7.05 Å². The van der Waals surface area contributed by atoms with Crippen LogP contribution in [-0.4, -0.2) is 42.5 Å². The van der Waals surface area contributed by atoms with Crippen molar-refractivity contribution in [3.63, 3.8) is 0 Å². The van der Waals surface area contributed by atoms with E-state index in [9.17, 15) is 4.79 Å². The molecule has 1 amide bonds. The van der Waals surface area contributed by atoms with Gasteiger partial charge in [-0.05, 0) is 25.7 Å². The Hall–Kier alpha value is -0.610. The van der Waals surface area contributed by atoms with E-state index in [2.05, 4.69) is 10.2 Å². The zero-order valence-electron chi connectivity index (χ0n) is 8.70. The Labute approximate surface area is 84.8 Å². The molecule has 4 nitrogen and oxygen atoms in total. The van der Waals surface area contributed by atoms with Crippen LogP contribution in [0.25, 0.3) is 0 Å². The van der Waals surface area contributed by atoms with E-state index in [4.69, 9.17) is 5.73 Å². The van der Waals surface area contributed by atoms with Crippen LogP contribution in [0.2, 0.25) is 0 Å². The number of piperidine rings is 1. The molecular formula is C10H19N3O. The smallest absolute Gasteiger partial charge is 0.233 e. The highest BCUT2D eigenvalue weighted by Gasteiger charge is 2.39. The number of hydrogen-bond acceptors (Lipinski definition) is 3. The molecule has 2 atom stereocenters. The van der Waals surface area contributed by atoms with E-state index < -0.39 is 0 Å². The first-order chi connectivity index (χ1) is 6.70. The number of nitrogens with two attached hydrogens (primary N) is 1. The Morgan fingerprint density at radius 1 is 1.43 bits per heavy atom. The van der Waals surface area contributed by atoms with Crippen LogP contribution < -0.4 is 11.1 Å². The van der Waals surface area contributed by atoms with Crippen LogP contribution in [0, 0.1) is 0 Å². The first-order valence-corrected chi connectivity index (χ1v) is 5.42. The molecule has 2 aliphatic rings. The lowest BCUT2D eigenvalue weighted by molar-refractivity contribution is -0.122. The van der Waals surface area contributed by atoms with Crippen LogP contribution in [0.4, 0.5) is 0 Å². The van der Waals surface area contributed by atoms with Gasteiger partial charge in [0.05, 0.1) is 6.54 Å². The second-order valence-corrected chi connectivity index (χ2v) is 4.46.